The van der Waals surface area contributed by atoms with Crippen LogP contribution in [0.5, 0.6) is 0 Å². The van der Waals surface area contributed by atoms with Gasteiger partial charge in [-0.3, -0.25) is 0 Å². The largest absolute Gasteiger partial charge is 0.416 e. The molecule has 19 heavy (non-hydrogen) atoms. The van der Waals surface area contributed by atoms with Gasteiger partial charge in [-0.25, -0.2) is 13.2 Å². The summed E-state index contributed by atoms with van der Waals surface area (Å²) >= 11 is 0. The zero-order chi connectivity index (χ0) is 14.1. The van der Waals surface area contributed by atoms with Gasteiger partial charge in [0, 0.05) is 5.56 Å². The minimum Gasteiger partial charge on any atom is -0.390 e. The van der Waals surface area contributed by atoms with E-state index in [4.69, 9.17) is 10.8 Å². The van der Waals surface area contributed by atoms with E-state index in [1.807, 2.05) is 0 Å². The molecule has 1 atom stereocenters. The molecule has 1 aromatic rings. The lowest BCUT2D eigenvalue weighted by atomic mass is 9.99. The van der Waals surface area contributed by atoms with Crippen LogP contribution in [0.15, 0.2) is 18.2 Å². The number of benzene rings is 1. The van der Waals surface area contributed by atoms with Crippen molar-refractivity contribution in [1.82, 2.24) is 0 Å². The summed E-state index contributed by atoms with van der Waals surface area (Å²) < 4.78 is 76.3. The van der Waals surface area contributed by atoms with Crippen molar-refractivity contribution in [2.45, 2.75) is 18.1 Å². The summed E-state index contributed by atoms with van der Waals surface area (Å²) in [6.45, 7) is -1.69. The van der Waals surface area contributed by atoms with Crippen molar-refractivity contribution in [3.8, 4) is 0 Å². The van der Waals surface area contributed by atoms with Gasteiger partial charge in [0.15, 0.2) is 0 Å². The van der Waals surface area contributed by atoms with Crippen LogP contribution in [0.3, 0.4) is 0 Å². The Balaban J connectivity index is 0.00000324. The fourth-order valence-electron chi connectivity index (χ4n) is 1.28. The molecule has 3 N–H and O–H groups in total. The Hall–Kier alpha value is -0.990. The normalized spacial score (nSPS) is 13.9. The second-order valence-electron chi connectivity index (χ2n) is 3.63. The maximum absolute atomic E-state index is 13.2. The van der Waals surface area contributed by atoms with Crippen LogP contribution in [0.1, 0.15) is 17.2 Å². The Morgan fingerprint density at radius 1 is 1.16 bits per heavy atom. The van der Waals surface area contributed by atoms with Gasteiger partial charge in [-0.1, -0.05) is 0 Å². The number of hydrogen-bond acceptors (Lipinski definition) is 2. The van der Waals surface area contributed by atoms with Gasteiger partial charge < -0.3 is 10.8 Å². The highest BCUT2D eigenvalue weighted by atomic mass is 35.5. The maximum atomic E-state index is 13.2. The van der Waals surface area contributed by atoms with Gasteiger partial charge in [-0.2, -0.15) is 13.2 Å². The van der Waals surface area contributed by atoms with Crippen LogP contribution in [0.25, 0.3) is 0 Å². The highest BCUT2D eigenvalue weighted by Gasteiger charge is 2.40. The molecule has 2 nitrogen and oxygen atoms in total. The van der Waals surface area contributed by atoms with Crippen LogP contribution in [0.2, 0.25) is 0 Å². The first kappa shape index (κ1) is 18.0. The Labute approximate surface area is 110 Å². The molecule has 0 saturated heterocycles. The van der Waals surface area contributed by atoms with Crippen molar-refractivity contribution < 1.29 is 31.4 Å². The number of hydrogen-bond donors (Lipinski definition) is 2. The Bertz CT molecular complexity index is 437. The first-order valence-electron chi connectivity index (χ1n) is 4.70. The summed E-state index contributed by atoms with van der Waals surface area (Å²) in [5.74, 6) is -5.20. The van der Waals surface area contributed by atoms with E-state index in [0.717, 1.165) is 0 Å². The fourth-order valence-corrected chi connectivity index (χ4v) is 1.28. The van der Waals surface area contributed by atoms with Gasteiger partial charge in [-0.15, -0.1) is 12.4 Å². The number of alkyl halides is 5. The zero-order valence-electron chi connectivity index (χ0n) is 9.22. The number of nitrogens with two attached hydrogens (primary N) is 1. The van der Waals surface area contributed by atoms with E-state index in [1.54, 1.807) is 0 Å². The standard InChI is InChI=1S/C10H9F6NO.ClH/c11-7-2-1-5(10(14,15)16)3-6(7)8(17)9(12,13)4-18;/h1-3,8,18H,4,17H2;1H/t8-;/m0./s1. The third-order valence-electron chi connectivity index (χ3n) is 2.32. The topological polar surface area (TPSA) is 46.2 Å². The van der Waals surface area contributed by atoms with Crippen molar-refractivity contribution in [2.75, 3.05) is 6.61 Å². The van der Waals surface area contributed by atoms with Crippen LogP contribution < -0.4 is 5.73 Å². The molecule has 0 fully saturated rings. The molecule has 0 aliphatic carbocycles. The first-order chi connectivity index (χ1) is 8.09. The minimum atomic E-state index is -4.79. The summed E-state index contributed by atoms with van der Waals surface area (Å²) in [6.07, 6.45) is -4.79. The molecule has 1 rings (SSSR count). The molecule has 0 saturated carbocycles. The second kappa shape index (κ2) is 5.98. The molecule has 0 spiro atoms. The quantitative estimate of drug-likeness (QED) is 0.843. The van der Waals surface area contributed by atoms with Gasteiger partial charge in [0.25, 0.3) is 5.92 Å². The molecule has 0 amide bonds. The molecular formula is C10H10ClF6NO. The summed E-state index contributed by atoms with van der Waals surface area (Å²) in [4.78, 5) is 0. The van der Waals surface area contributed by atoms with Crippen LogP contribution in [0.4, 0.5) is 26.3 Å². The number of aliphatic hydroxyl groups is 1. The molecular weight excluding hydrogens is 300 g/mol. The molecule has 0 unspecified atom stereocenters. The minimum absolute atomic E-state index is 0. The van der Waals surface area contributed by atoms with Crippen molar-refractivity contribution >= 4 is 12.4 Å². The molecule has 9 heteroatoms. The van der Waals surface area contributed by atoms with E-state index < -0.39 is 41.7 Å². The van der Waals surface area contributed by atoms with E-state index in [2.05, 4.69) is 0 Å². The molecule has 0 heterocycles. The molecule has 0 aliphatic rings. The molecule has 1 aromatic carbocycles. The highest BCUT2D eigenvalue weighted by Crippen LogP contribution is 2.35. The third-order valence-corrected chi connectivity index (χ3v) is 2.32. The Morgan fingerprint density at radius 3 is 2.11 bits per heavy atom. The molecule has 0 aromatic heterocycles. The Kier molecular flexibility index (Phi) is 5.66. The van der Waals surface area contributed by atoms with Crippen molar-refractivity contribution in [3.63, 3.8) is 0 Å². The van der Waals surface area contributed by atoms with Gasteiger partial charge in [0.1, 0.15) is 12.4 Å². The molecule has 110 valence electrons. The maximum Gasteiger partial charge on any atom is 0.416 e. The zero-order valence-corrected chi connectivity index (χ0v) is 10.0. The van der Waals surface area contributed by atoms with Crippen LogP contribution in [-0.4, -0.2) is 17.6 Å². The van der Waals surface area contributed by atoms with E-state index in [1.165, 1.54) is 0 Å². The van der Waals surface area contributed by atoms with Crippen molar-refractivity contribution in [1.29, 1.82) is 0 Å². The average molecular weight is 310 g/mol. The second-order valence-corrected chi connectivity index (χ2v) is 3.63. The van der Waals surface area contributed by atoms with Gasteiger partial charge >= 0.3 is 6.18 Å². The molecule has 0 radical (unpaired) electrons. The van der Waals surface area contributed by atoms with E-state index in [0.29, 0.717) is 12.1 Å². The van der Waals surface area contributed by atoms with E-state index in [9.17, 15) is 26.3 Å². The third kappa shape index (κ3) is 3.99. The summed E-state index contributed by atoms with van der Waals surface area (Å²) in [5.41, 5.74) is 2.69. The van der Waals surface area contributed by atoms with Gasteiger partial charge in [0.05, 0.1) is 11.6 Å². The van der Waals surface area contributed by atoms with Gasteiger partial charge in [0.2, 0.25) is 0 Å². The van der Waals surface area contributed by atoms with Crippen molar-refractivity contribution in [2.24, 2.45) is 5.73 Å². The SMILES string of the molecule is Cl.N[C@@H](c1cc(C(F)(F)F)ccc1F)C(F)(F)CO. The lowest BCUT2D eigenvalue weighted by molar-refractivity contribution is -0.137. The van der Waals surface area contributed by atoms with E-state index >= 15 is 0 Å². The lowest BCUT2D eigenvalue weighted by Gasteiger charge is -2.22. The predicted molar refractivity (Wildman–Crippen MR) is 57.6 cm³/mol. The number of aliphatic hydroxyl groups excluding tert-OH is 1. The Morgan fingerprint density at radius 2 is 1.68 bits per heavy atom. The number of rotatable bonds is 3. The monoisotopic (exact) mass is 309 g/mol. The lowest BCUT2D eigenvalue weighted by Crippen LogP contribution is -2.37. The predicted octanol–water partition coefficient (Wildman–Crippen LogP) is 2.89. The van der Waals surface area contributed by atoms with E-state index in [-0.39, 0.29) is 18.5 Å². The molecule has 0 aliphatic heterocycles. The smallest absolute Gasteiger partial charge is 0.390 e. The molecule has 0 bridgehead atoms. The summed E-state index contributed by atoms with van der Waals surface area (Å²) in [6, 6.07) is -1.32. The number of halogens is 7. The highest BCUT2D eigenvalue weighted by molar-refractivity contribution is 5.85. The van der Waals surface area contributed by atoms with Crippen LogP contribution in [-0.2, 0) is 6.18 Å². The fraction of sp³-hybridized carbons (Fsp3) is 0.400. The summed E-state index contributed by atoms with van der Waals surface area (Å²) in [7, 11) is 0. The average Bonchev–Trinajstić information content (AvgIpc) is 2.27. The summed E-state index contributed by atoms with van der Waals surface area (Å²) in [5, 5.41) is 8.37. The van der Waals surface area contributed by atoms with Crippen molar-refractivity contribution in [3.05, 3.63) is 35.1 Å². The van der Waals surface area contributed by atoms with Gasteiger partial charge in [-0.05, 0) is 18.2 Å². The van der Waals surface area contributed by atoms with Crippen LogP contribution >= 0.6 is 12.4 Å². The first-order valence-corrected chi connectivity index (χ1v) is 4.70. The van der Waals surface area contributed by atoms with Crippen LogP contribution in [0, 0.1) is 5.82 Å².